The van der Waals surface area contributed by atoms with Gasteiger partial charge in [0.2, 0.25) is 0 Å². The summed E-state index contributed by atoms with van der Waals surface area (Å²) in [5.41, 5.74) is 6.16. The van der Waals surface area contributed by atoms with Gasteiger partial charge in [-0.15, -0.1) is 0 Å². The summed E-state index contributed by atoms with van der Waals surface area (Å²) in [6, 6.07) is 0. The van der Waals surface area contributed by atoms with Gasteiger partial charge in [0.25, 0.3) is 0 Å². The van der Waals surface area contributed by atoms with Gasteiger partial charge >= 0.3 is 0 Å². The van der Waals surface area contributed by atoms with Gasteiger partial charge in [-0.05, 0) is 44.4 Å². The van der Waals surface area contributed by atoms with Crippen LogP contribution in [-0.4, -0.2) is 25.5 Å². The molecular formula is C10H19NO2S. The summed E-state index contributed by atoms with van der Waals surface area (Å²) in [4.78, 5) is 0. The molecule has 1 saturated carbocycles. The molecule has 1 aliphatic heterocycles. The smallest absolute Gasteiger partial charge is 0.150 e. The topological polar surface area (TPSA) is 60.2 Å². The maximum Gasteiger partial charge on any atom is 0.150 e. The first kappa shape index (κ1) is 10.4. The normalized spacial score (nSPS) is 33.9. The highest BCUT2D eigenvalue weighted by molar-refractivity contribution is 7.91. The van der Waals surface area contributed by atoms with Crippen LogP contribution >= 0.6 is 0 Å². The van der Waals surface area contributed by atoms with Crippen LogP contribution in [0.2, 0.25) is 0 Å². The molecule has 0 aromatic heterocycles. The summed E-state index contributed by atoms with van der Waals surface area (Å²) in [6.07, 6.45) is 6.40. The van der Waals surface area contributed by atoms with Crippen molar-refractivity contribution in [3.05, 3.63) is 0 Å². The van der Waals surface area contributed by atoms with Crippen molar-refractivity contribution in [2.24, 2.45) is 11.7 Å². The molecule has 0 spiro atoms. The highest BCUT2D eigenvalue weighted by Crippen LogP contribution is 2.35. The first-order valence-corrected chi connectivity index (χ1v) is 7.31. The molecule has 0 aromatic rings. The van der Waals surface area contributed by atoms with E-state index < -0.39 is 9.84 Å². The Morgan fingerprint density at radius 1 is 1.36 bits per heavy atom. The summed E-state index contributed by atoms with van der Waals surface area (Å²) in [6.45, 7) is 0. The summed E-state index contributed by atoms with van der Waals surface area (Å²) in [7, 11) is -2.69. The largest absolute Gasteiger partial charge is 0.325 e. The number of hydrogen-bond acceptors (Lipinski definition) is 3. The van der Waals surface area contributed by atoms with Gasteiger partial charge in [-0.3, -0.25) is 0 Å². The Labute approximate surface area is 86.0 Å². The van der Waals surface area contributed by atoms with Crippen molar-refractivity contribution in [1.29, 1.82) is 0 Å². The van der Waals surface area contributed by atoms with Crippen LogP contribution in [0.1, 0.15) is 38.5 Å². The van der Waals surface area contributed by atoms with E-state index >= 15 is 0 Å². The van der Waals surface area contributed by atoms with Gasteiger partial charge in [0.15, 0.2) is 9.84 Å². The number of sulfone groups is 1. The number of hydrogen-bond donors (Lipinski definition) is 1. The molecule has 1 heterocycles. The van der Waals surface area contributed by atoms with Crippen molar-refractivity contribution in [2.45, 2.75) is 44.1 Å². The zero-order chi connectivity index (χ0) is 10.2. The van der Waals surface area contributed by atoms with Crippen LogP contribution < -0.4 is 5.73 Å². The predicted octanol–water partition coefficient (Wildman–Crippen LogP) is 1.08. The molecule has 4 heteroatoms. The average Bonchev–Trinajstić information content (AvgIpc) is 2.39. The van der Waals surface area contributed by atoms with Crippen molar-refractivity contribution >= 4 is 9.84 Å². The Hall–Kier alpha value is -0.0900. The van der Waals surface area contributed by atoms with E-state index in [1.807, 2.05) is 0 Å². The maximum absolute atomic E-state index is 11.2. The third-order valence-electron chi connectivity index (χ3n) is 3.73. The third kappa shape index (κ3) is 2.28. The van der Waals surface area contributed by atoms with E-state index in [0.29, 0.717) is 17.4 Å². The zero-order valence-electron chi connectivity index (χ0n) is 8.54. The Kier molecular flexibility index (Phi) is 2.60. The molecule has 0 amide bonds. The van der Waals surface area contributed by atoms with E-state index in [0.717, 1.165) is 32.1 Å². The number of rotatable bonds is 3. The van der Waals surface area contributed by atoms with Crippen LogP contribution in [0.5, 0.6) is 0 Å². The van der Waals surface area contributed by atoms with Gasteiger partial charge in [0.1, 0.15) is 0 Å². The van der Waals surface area contributed by atoms with Gasteiger partial charge in [-0.1, -0.05) is 0 Å². The lowest BCUT2D eigenvalue weighted by Gasteiger charge is -2.38. The van der Waals surface area contributed by atoms with Crippen molar-refractivity contribution in [1.82, 2.24) is 0 Å². The Balaban J connectivity index is 1.77. The quantitative estimate of drug-likeness (QED) is 0.769. The molecule has 2 rings (SSSR count). The van der Waals surface area contributed by atoms with Gasteiger partial charge < -0.3 is 5.73 Å². The highest BCUT2D eigenvalue weighted by atomic mass is 32.2. The lowest BCUT2D eigenvalue weighted by molar-refractivity contribution is 0.216. The molecule has 14 heavy (non-hydrogen) atoms. The standard InChI is InChI=1S/C10H19NO2S/c11-10(4-1-5-10)6-2-9-3-7-14(12,13)8-9/h9H,1-8,11H2. The van der Waals surface area contributed by atoms with E-state index in [1.54, 1.807) is 0 Å². The van der Waals surface area contributed by atoms with E-state index in [-0.39, 0.29) is 5.54 Å². The van der Waals surface area contributed by atoms with E-state index in [2.05, 4.69) is 0 Å². The lowest BCUT2D eigenvalue weighted by atomic mass is 9.73. The molecule has 1 unspecified atom stereocenters. The van der Waals surface area contributed by atoms with Crippen LogP contribution in [0.4, 0.5) is 0 Å². The van der Waals surface area contributed by atoms with Crippen molar-refractivity contribution in [2.75, 3.05) is 11.5 Å². The first-order valence-electron chi connectivity index (χ1n) is 5.48. The predicted molar refractivity (Wildman–Crippen MR) is 56.8 cm³/mol. The van der Waals surface area contributed by atoms with Crippen molar-refractivity contribution in [3.63, 3.8) is 0 Å². The van der Waals surface area contributed by atoms with Gasteiger partial charge in [0.05, 0.1) is 11.5 Å². The van der Waals surface area contributed by atoms with Crippen LogP contribution in [0.15, 0.2) is 0 Å². The molecule has 2 aliphatic rings. The van der Waals surface area contributed by atoms with Crippen LogP contribution in [0.25, 0.3) is 0 Å². The third-order valence-corrected chi connectivity index (χ3v) is 5.56. The minimum absolute atomic E-state index is 0.0619. The molecule has 1 saturated heterocycles. The summed E-state index contributed by atoms with van der Waals surface area (Å²) in [5.74, 6) is 1.19. The molecule has 82 valence electrons. The second kappa shape index (κ2) is 3.49. The Morgan fingerprint density at radius 3 is 2.50 bits per heavy atom. The monoisotopic (exact) mass is 217 g/mol. The second-order valence-electron chi connectivity index (χ2n) is 5.02. The molecule has 2 fully saturated rings. The number of nitrogens with two attached hydrogens (primary N) is 1. The molecule has 0 bridgehead atoms. The maximum atomic E-state index is 11.2. The molecule has 1 aliphatic carbocycles. The van der Waals surface area contributed by atoms with E-state index in [4.69, 9.17) is 5.73 Å². The molecule has 0 aromatic carbocycles. The first-order chi connectivity index (χ1) is 6.49. The SMILES string of the molecule is NC1(CCC2CCS(=O)(=O)C2)CCC1. The minimum Gasteiger partial charge on any atom is -0.325 e. The van der Waals surface area contributed by atoms with E-state index in [1.165, 1.54) is 6.42 Å². The Bertz CT molecular complexity index is 306. The van der Waals surface area contributed by atoms with Gasteiger partial charge in [-0.25, -0.2) is 8.42 Å². The van der Waals surface area contributed by atoms with Crippen LogP contribution in [-0.2, 0) is 9.84 Å². The van der Waals surface area contributed by atoms with Gasteiger partial charge in [-0.2, -0.15) is 0 Å². The molecule has 0 radical (unpaired) electrons. The fraction of sp³-hybridized carbons (Fsp3) is 1.00. The average molecular weight is 217 g/mol. The summed E-state index contributed by atoms with van der Waals surface area (Å²) in [5, 5.41) is 0. The second-order valence-corrected chi connectivity index (χ2v) is 7.25. The minimum atomic E-state index is -2.69. The van der Waals surface area contributed by atoms with Crippen LogP contribution in [0, 0.1) is 5.92 Å². The lowest BCUT2D eigenvalue weighted by Crippen LogP contribution is -2.46. The molecule has 2 N–H and O–H groups in total. The summed E-state index contributed by atoms with van der Waals surface area (Å²) < 4.78 is 22.4. The molecular weight excluding hydrogens is 198 g/mol. The van der Waals surface area contributed by atoms with Gasteiger partial charge in [0, 0.05) is 5.54 Å². The highest BCUT2D eigenvalue weighted by Gasteiger charge is 2.34. The van der Waals surface area contributed by atoms with Crippen molar-refractivity contribution in [3.8, 4) is 0 Å². The fourth-order valence-electron chi connectivity index (χ4n) is 2.47. The fourth-order valence-corrected chi connectivity index (χ4v) is 4.38. The molecule has 1 atom stereocenters. The molecule has 3 nitrogen and oxygen atoms in total. The summed E-state index contributed by atoms with van der Waals surface area (Å²) >= 11 is 0. The van der Waals surface area contributed by atoms with E-state index in [9.17, 15) is 8.42 Å². The zero-order valence-corrected chi connectivity index (χ0v) is 9.35. The van der Waals surface area contributed by atoms with Crippen LogP contribution in [0.3, 0.4) is 0 Å². The Morgan fingerprint density at radius 2 is 2.07 bits per heavy atom. The van der Waals surface area contributed by atoms with Crippen molar-refractivity contribution < 1.29 is 8.42 Å².